The van der Waals surface area contributed by atoms with E-state index in [1.165, 1.54) is 0 Å². The zero-order valence-corrected chi connectivity index (χ0v) is 18.6. The van der Waals surface area contributed by atoms with Crippen LogP contribution in [0.15, 0.2) is 28.8 Å². The fraction of sp³-hybridized carbons (Fsp3) is 0.500. The predicted octanol–water partition coefficient (Wildman–Crippen LogP) is 2.33. The Kier molecular flexibility index (Phi) is 7.29. The summed E-state index contributed by atoms with van der Waals surface area (Å²) in [6.07, 6.45) is -0.115. The standard InChI is InChI=1S/C22H30N4O5/c1-13-10-23-14(2)12-30-19-7-6-16(24-21(27)18-8-15(3)31-25-18)9-17(19)22(28)26(4)11-20(13)29-5/h6-9,13-14,20,23H,10-12H2,1-5H3,(H,24,27)/t13-,14+,20-/m1/s1. The lowest BCUT2D eigenvalue weighted by atomic mass is 10.0. The summed E-state index contributed by atoms with van der Waals surface area (Å²) in [5.41, 5.74) is 0.998. The van der Waals surface area contributed by atoms with Gasteiger partial charge >= 0.3 is 0 Å². The van der Waals surface area contributed by atoms with E-state index in [0.717, 1.165) is 6.54 Å². The number of aryl methyl sites for hydroxylation is 1. The summed E-state index contributed by atoms with van der Waals surface area (Å²) in [7, 11) is 3.39. The summed E-state index contributed by atoms with van der Waals surface area (Å²) >= 11 is 0. The zero-order valence-electron chi connectivity index (χ0n) is 18.6. The molecule has 3 rings (SSSR count). The van der Waals surface area contributed by atoms with E-state index in [2.05, 4.69) is 22.7 Å². The summed E-state index contributed by atoms with van der Waals surface area (Å²) in [5, 5.41) is 9.92. The lowest BCUT2D eigenvalue weighted by Crippen LogP contribution is -2.44. The fourth-order valence-electron chi connectivity index (χ4n) is 3.41. The van der Waals surface area contributed by atoms with Crippen molar-refractivity contribution in [1.29, 1.82) is 0 Å². The van der Waals surface area contributed by atoms with Gasteiger partial charge < -0.3 is 29.5 Å². The highest BCUT2D eigenvalue weighted by atomic mass is 16.5. The van der Waals surface area contributed by atoms with Crippen molar-refractivity contribution in [2.45, 2.75) is 32.9 Å². The second-order valence-electron chi connectivity index (χ2n) is 8.05. The van der Waals surface area contributed by atoms with Gasteiger partial charge in [0.25, 0.3) is 11.8 Å². The van der Waals surface area contributed by atoms with E-state index < -0.39 is 5.91 Å². The van der Waals surface area contributed by atoms with Gasteiger partial charge in [-0.25, -0.2) is 0 Å². The highest BCUT2D eigenvalue weighted by Crippen LogP contribution is 2.26. The number of benzene rings is 1. The van der Waals surface area contributed by atoms with Gasteiger partial charge in [-0.2, -0.15) is 0 Å². The molecule has 2 N–H and O–H groups in total. The zero-order chi connectivity index (χ0) is 22.5. The maximum Gasteiger partial charge on any atom is 0.277 e. The quantitative estimate of drug-likeness (QED) is 0.770. The van der Waals surface area contributed by atoms with Gasteiger partial charge in [0.05, 0.1) is 11.7 Å². The Balaban J connectivity index is 1.88. The first-order valence-corrected chi connectivity index (χ1v) is 10.3. The molecule has 0 unspecified atom stereocenters. The molecule has 0 fully saturated rings. The van der Waals surface area contributed by atoms with E-state index in [1.54, 1.807) is 50.2 Å². The van der Waals surface area contributed by atoms with Gasteiger partial charge in [-0.3, -0.25) is 9.59 Å². The lowest BCUT2D eigenvalue weighted by Gasteiger charge is -2.30. The minimum atomic E-state index is -0.419. The number of amides is 2. The van der Waals surface area contributed by atoms with E-state index in [-0.39, 0.29) is 29.7 Å². The van der Waals surface area contributed by atoms with Crippen LogP contribution in [0, 0.1) is 12.8 Å². The molecule has 0 saturated heterocycles. The SMILES string of the molecule is CO[C@@H]1CN(C)C(=O)c2cc(NC(=O)c3cc(C)on3)ccc2OC[C@H](C)NC[C@H]1C. The van der Waals surface area contributed by atoms with Crippen molar-refractivity contribution in [3.8, 4) is 5.75 Å². The topological polar surface area (TPSA) is 106 Å². The summed E-state index contributed by atoms with van der Waals surface area (Å²) in [6, 6.07) is 6.65. The number of anilines is 1. The maximum absolute atomic E-state index is 13.2. The minimum absolute atomic E-state index is 0.0925. The monoisotopic (exact) mass is 430 g/mol. The van der Waals surface area contributed by atoms with E-state index in [0.29, 0.717) is 35.9 Å². The number of nitrogens with zero attached hydrogens (tertiary/aromatic N) is 2. The van der Waals surface area contributed by atoms with Gasteiger partial charge in [0.1, 0.15) is 18.1 Å². The van der Waals surface area contributed by atoms with E-state index in [4.69, 9.17) is 14.0 Å². The summed E-state index contributed by atoms with van der Waals surface area (Å²) in [4.78, 5) is 27.3. The van der Waals surface area contributed by atoms with Crippen molar-refractivity contribution >= 4 is 17.5 Å². The van der Waals surface area contributed by atoms with Gasteiger partial charge in [0, 0.05) is 45.0 Å². The van der Waals surface area contributed by atoms with Crippen LogP contribution >= 0.6 is 0 Å². The molecular formula is C22H30N4O5. The Morgan fingerprint density at radius 1 is 1.32 bits per heavy atom. The Labute approximate surface area is 182 Å². The molecule has 9 heteroatoms. The number of methoxy groups -OCH3 is 1. The normalized spacial score (nSPS) is 22.7. The van der Waals surface area contributed by atoms with Crippen molar-refractivity contribution < 1.29 is 23.6 Å². The fourth-order valence-corrected chi connectivity index (χ4v) is 3.41. The predicted molar refractivity (Wildman–Crippen MR) is 116 cm³/mol. The first kappa shape index (κ1) is 22.8. The molecule has 0 radical (unpaired) electrons. The molecule has 2 heterocycles. The van der Waals surface area contributed by atoms with Crippen LogP contribution in [-0.2, 0) is 4.74 Å². The number of ether oxygens (including phenoxy) is 2. The molecule has 3 atom stereocenters. The smallest absolute Gasteiger partial charge is 0.277 e. The molecule has 2 aromatic rings. The average Bonchev–Trinajstić information content (AvgIpc) is 3.19. The molecule has 1 aromatic heterocycles. The average molecular weight is 431 g/mol. The summed E-state index contributed by atoms with van der Waals surface area (Å²) in [5.74, 6) is 0.579. The Bertz CT molecular complexity index is 928. The van der Waals surface area contributed by atoms with Crippen LogP contribution in [0.4, 0.5) is 5.69 Å². The van der Waals surface area contributed by atoms with Gasteiger partial charge in [-0.15, -0.1) is 0 Å². The van der Waals surface area contributed by atoms with Crippen LogP contribution in [-0.4, -0.2) is 67.9 Å². The van der Waals surface area contributed by atoms with Gasteiger partial charge in [-0.1, -0.05) is 12.1 Å². The van der Waals surface area contributed by atoms with Crippen molar-refractivity contribution in [3.05, 3.63) is 41.3 Å². The largest absolute Gasteiger partial charge is 0.491 e. The lowest BCUT2D eigenvalue weighted by molar-refractivity contribution is 0.0281. The third-order valence-corrected chi connectivity index (χ3v) is 5.34. The summed E-state index contributed by atoms with van der Waals surface area (Å²) in [6.45, 7) is 7.42. The molecule has 0 saturated carbocycles. The number of likely N-dealkylation sites (N-methyl/N-ethyl adjacent to an activating group) is 1. The van der Waals surface area contributed by atoms with Crippen LogP contribution in [0.5, 0.6) is 5.75 Å². The third kappa shape index (κ3) is 5.62. The van der Waals surface area contributed by atoms with Crippen molar-refractivity contribution in [2.75, 3.05) is 39.2 Å². The molecule has 168 valence electrons. The van der Waals surface area contributed by atoms with Gasteiger partial charge in [0.15, 0.2) is 5.69 Å². The highest BCUT2D eigenvalue weighted by Gasteiger charge is 2.26. The number of aromatic nitrogens is 1. The molecule has 0 aliphatic carbocycles. The second kappa shape index (κ2) is 9.93. The van der Waals surface area contributed by atoms with Crippen LogP contribution < -0.4 is 15.4 Å². The first-order chi connectivity index (χ1) is 14.8. The number of nitrogens with one attached hydrogen (secondary N) is 2. The van der Waals surface area contributed by atoms with Crippen molar-refractivity contribution in [2.24, 2.45) is 5.92 Å². The molecule has 1 aliphatic rings. The molecule has 1 aromatic carbocycles. The second-order valence-corrected chi connectivity index (χ2v) is 8.05. The number of carbonyl (C=O) groups is 2. The van der Waals surface area contributed by atoms with Crippen molar-refractivity contribution in [3.63, 3.8) is 0 Å². The summed E-state index contributed by atoms with van der Waals surface area (Å²) < 4.78 is 16.5. The minimum Gasteiger partial charge on any atom is -0.491 e. The number of rotatable bonds is 3. The van der Waals surface area contributed by atoms with Crippen LogP contribution in [0.25, 0.3) is 0 Å². The number of hydrogen-bond donors (Lipinski definition) is 2. The molecule has 9 nitrogen and oxygen atoms in total. The molecule has 0 bridgehead atoms. The Morgan fingerprint density at radius 2 is 2.10 bits per heavy atom. The van der Waals surface area contributed by atoms with E-state index in [1.807, 2.05) is 6.92 Å². The van der Waals surface area contributed by atoms with Gasteiger partial charge in [0.2, 0.25) is 0 Å². The molecule has 2 amide bonds. The van der Waals surface area contributed by atoms with Crippen molar-refractivity contribution in [1.82, 2.24) is 15.4 Å². The first-order valence-electron chi connectivity index (χ1n) is 10.3. The Hall–Kier alpha value is -2.91. The van der Waals surface area contributed by atoms with Gasteiger partial charge in [-0.05, 0) is 38.0 Å². The van der Waals surface area contributed by atoms with Crippen LogP contribution in [0.3, 0.4) is 0 Å². The molecule has 1 aliphatic heterocycles. The van der Waals surface area contributed by atoms with E-state index in [9.17, 15) is 9.59 Å². The van der Waals surface area contributed by atoms with Crippen LogP contribution in [0.2, 0.25) is 0 Å². The van der Waals surface area contributed by atoms with E-state index >= 15 is 0 Å². The Morgan fingerprint density at radius 3 is 2.77 bits per heavy atom. The molecular weight excluding hydrogens is 400 g/mol. The highest BCUT2D eigenvalue weighted by molar-refractivity contribution is 6.04. The molecule has 0 spiro atoms. The maximum atomic E-state index is 13.2. The number of hydrogen-bond acceptors (Lipinski definition) is 7. The third-order valence-electron chi connectivity index (χ3n) is 5.34. The number of carbonyl (C=O) groups excluding carboxylic acids is 2. The molecule has 31 heavy (non-hydrogen) atoms. The number of fused-ring (bicyclic) bond motifs is 1. The van der Waals surface area contributed by atoms with Crippen LogP contribution in [0.1, 0.15) is 40.5 Å².